The van der Waals surface area contributed by atoms with Crippen molar-refractivity contribution in [3.8, 4) is 0 Å². The zero-order valence-electron chi connectivity index (χ0n) is 12.1. The van der Waals surface area contributed by atoms with Crippen molar-refractivity contribution in [3.63, 3.8) is 0 Å². The second kappa shape index (κ2) is 5.83. The second-order valence-corrected chi connectivity index (χ2v) is 5.90. The van der Waals surface area contributed by atoms with Crippen LogP contribution in [0.5, 0.6) is 0 Å². The molecule has 0 saturated heterocycles. The zero-order chi connectivity index (χ0) is 13.9. The van der Waals surface area contributed by atoms with Crippen LogP contribution in [-0.2, 0) is 6.54 Å². The molecule has 1 fully saturated rings. The van der Waals surface area contributed by atoms with Gasteiger partial charge in [-0.15, -0.1) is 0 Å². The first-order valence-corrected chi connectivity index (χ1v) is 7.57. The van der Waals surface area contributed by atoms with Crippen LogP contribution in [0.25, 0.3) is 11.1 Å². The van der Waals surface area contributed by atoms with Gasteiger partial charge >= 0.3 is 0 Å². The molecule has 4 nitrogen and oxygen atoms in total. The number of hydrogen-bond acceptors (Lipinski definition) is 4. The molecule has 0 amide bonds. The molecular weight excluding hydrogens is 250 g/mol. The first-order chi connectivity index (χ1) is 9.72. The van der Waals surface area contributed by atoms with Crippen LogP contribution in [0.4, 0.5) is 5.69 Å². The number of nitrogen functional groups attached to an aromatic ring is 1. The summed E-state index contributed by atoms with van der Waals surface area (Å²) < 4.78 is 5.81. The van der Waals surface area contributed by atoms with Crippen LogP contribution >= 0.6 is 0 Å². The Balaban J connectivity index is 1.71. The summed E-state index contributed by atoms with van der Waals surface area (Å²) in [5.74, 6) is 0.789. The van der Waals surface area contributed by atoms with E-state index < -0.39 is 0 Å². The highest BCUT2D eigenvalue weighted by Gasteiger charge is 2.18. The zero-order valence-corrected chi connectivity index (χ0v) is 12.1. The van der Waals surface area contributed by atoms with Gasteiger partial charge in [0, 0.05) is 11.7 Å². The predicted octanol–water partition coefficient (Wildman–Crippen LogP) is 3.56. The van der Waals surface area contributed by atoms with Gasteiger partial charge in [-0.2, -0.15) is 0 Å². The Morgan fingerprint density at radius 1 is 1.25 bits per heavy atom. The van der Waals surface area contributed by atoms with Gasteiger partial charge in [-0.25, -0.2) is 4.98 Å². The summed E-state index contributed by atoms with van der Waals surface area (Å²) in [7, 11) is 2.18. The molecule has 1 aromatic carbocycles. The molecule has 108 valence electrons. The van der Waals surface area contributed by atoms with Gasteiger partial charge in [0.1, 0.15) is 5.52 Å². The number of rotatable bonds is 3. The molecular formula is C16H23N3O. The molecule has 3 rings (SSSR count). The molecule has 4 heteroatoms. The maximum Gasteiger partial charge on any atom is 0.209 e. The summed E-state index contributed by atoms with van der Waals surface area (Å²) >= 11 is 0. The molecule has 1 aliphatic rings. The van der Waals surface area contributed by atoms with Gasteiger partial charge in [-0.1, -0.05) is 25.7 Å². The highest BCUT2D eigenvalue weighted by atomic mass is 16.3. The average molecular weight is 273 g/mol. The number of benzene rings is 1. The molecule has 0 aliphatic heterocycles. The van der Waals surface area contributed by atoms with Gasteiger partial charge in [-0.3, -0.25) is 4.90 Å². The Kier molecular flexibility index (Phi) is 3.92. The lowest BCUT2D eigenvalue weighted by atomic mass is 10.1. The van der Waals surface area contributed by atoms with Crippen molar-refractivity contribution >= 4 is 16.8 Å². The van der Waals surface area contributed by atoms with E-state index in [0.29, 0.717) is 6.04 Å². The molecule has 0 spiro atoms. The third-order valence-electron chi connectivity index (χ3n) is 4.29. The average Bonchev–Trinajstić information content (AvgIpc) is 2.64. The SMILES string of the molecule is CN(Cc1nc2cc(N)ccc2o1)C1CCCCCC1. The Hall–Kier alpha value is -1.55. The van der Waals surface area contributed by atoms with Crippen LogP contribution in [0, 0.1) is 0 Å². The first kappa shape index (κ1) is 13.4. The molecule has 0 atom stereocenters. The topological polar surface area (TPSA) is 55.3 Å². The van der Waals surface area contributed by atoms with Gasteiger partial charge in [-0.05, 0) is 38.1 Å². The van der Waals surface area contributed by atoms with Crippen molar-refractivity contribution < 1.29 is 4.42 Å². The Labute approximate surface area is 120 Å². The second-order valence-electron chi connectivity index (χ2n) is 5.90. The smallest absolute Gasteiger partial charge is 0.209 e. The summed E-state index contributed by atoms with van der Waals surface area (Å²) in [5, 5.41) is 0. The molecule has 20 heavy (non-hydrogen) atoms. The van der Waals surface area contributed by atoms with E-state index in [4.69, 9.17) is 10.2 Å². The number of aromatic nitrogens is 1. The molecule has 0 radical (unpaired) electrons. The maximum absolute atomic E-state index is 5.81. The van der Waals surface area contributed by atoms with E-state index in [-0.39, 0.29) is 0 Å². The number of nitrogens with two attached hydrogens (primary N) is 1. The van der Waals surface area contributed by atoms with Gasteiger partial charge in [0.05, 0.1) is 6.54 Å². The fourth-order valence-corrected chi connectivity index (χ4v) is 3.10. The lowest BCUT2D eigenvalue weighted by molar-refractivity contribution is 0.196. The van der Waals surface area contributed by atoms with E-state index in [1.54, 1.807) is 0 Å². The van der Waals surface area contributed by atoms with Crippen molar-refractivity contribution in [2.45, 2.75) is 51.1 Å². The minimum absolute atomic E-state index is 0.664. The Morgan fingerprint density at radius 2 is 2.00 bits per heavy atom. The summed E-state index contributed by atoms with van der Waals surface area (Å²) in [6.45, 7) is 0.777. The van der Waals surface area contributed by atoms with E-state index >= 15 is 0 Å². The first-order valence-electron chi connectivity index (χ1n) is 7.57. The lowest BCUT2D eigenvalue weighted by Gasteiger charge is -2.25. The summed E-state index contributed by atoms with van der Waals surface area (Å²) in [6, 6.07) is 6.28. The third kappa shape index (κ3) is 2.96. The summed E-state index contributed by atoms with van der Waals surface area (Å²) in [5.41, 5.74) is 8.19. The number of fused-ring (bicyclic) bond motifs is 1. The van der Waals surface area contributed by atoms with Crippen molar-refractivity contribution in [2.24, 2.45) is 0 Å². The van der Waals surface area contributed by atoms with Gasteiger partial charge in [0.25, 0.3) is 0 Å². The van der Waals surface area contributed by atoms with E-state index in [9.17, 15) is 0 Å². The number of hydrogen-bond donors (Lipinski definition) is 1. The van der Waals surface area contributed by atoms with Crippen LogP contribution in [0.2, 0.25) is 0 Å². The monoisotopic (exact) mass is 273 g/mol. The van der Waals surface area contributed by atoms with Gasteiger partial charge in [0.15, 0.2) is 5.58 Å². The highest BCUT2D eigenvalue weighted by Crippen LogP contribution is 2.24. The standard InChI is InChI=1S/C16H23N3O/c1-19(13-6-4-2-3-5-7-13)11-16-18-14-10-12(17)8-9-15(14)20-16/h8-10,13H,2-7,11,17H2,1H3. The number of nitrogens with zero attached hydrogens (tertiary/aromatic N) is 2. The highest BCUT2D eigenvalue weighted by molar-refractivity contribution is 5.76. The van der Waals surface area contributed by atoms with Gasteiger partial charge in [0.2, 0.25) is 5.89 Å². The van der Waals surface area contributed by atoms with Gasteiger partial charge < -0.3 is 10.2 Å². The molecule has 2 aromatic rings. The predicted molar refractivity (Wildman–Crippen MR) is 81.4 cm³/mol. The van der Waals surface area contributed by atoms with E-state index in [0.717, 1.165) is 29.2 Å². The van der Waals surface area contributed by atoms with Crippen LogP contribution in [-0.4, -0.2) is 23.0 Å². The van der Waals surface area contributed by atoms with Crippen molar-refractivity contribution in [1.82, 2.24) is 9.88 Å². The fourth-order valence-electron chi connectivity index (χ4n) is 3.10. The summed E-state index contributed by atoms with van der Waals surface area (Å²) in [4.78, 5) is 6.93. The summed E-state index contributed by atoms with van der Waals surface area (Å²) in [6.07, 6.45) is 8.05. The van der Waals surface area contributed by atoms with Crippen molar-refractivity contribution in [3.05, 3.63) is 24.1 Å². The quantitative estimate of drug-likeness (QED) is 0.686. The van der Waals surface area contributed by atoms with Crippen LogP contribution < -0.4 is 5.73 Å². The minimum atomic E-state index is 0.664. The molecule has 1 aliphatic carbocycles. The fraction of sp³-hybridized carbons (Fsp3) is 0.562. The lowest BCUT2D eigenvalue weighted by Crippen LogP contribution is -2.30. The van der Waals surface area contributed by atoms with E-state index in [1.807, 2.05) is 18.2 Å². The molecule has 1 saturated carbocycles. The van der Waals surface area contributed by atoms with Crippen LogP contribution in [0.1, 0.15) is 44.4 Å². The van der Waals surface area contributed by atoms with Crippen LogP contribution in [0.15, 0.2) is 22.6 Å². The van der Waals surface area contributed by atoms with Crippen molar-refractivity contribution in [1.29, 1.82) is 0 Å². The normalized spacial score (nSPS) is 17.7. The van der Waals surface area contributed by atoms with E-state index in [2.05, 4.69) is 16.9 Å². The number of oxazole rings is 1. The van der Waals surface area contributed by atoms with E-state index in [1.165, 1.54) is 38.5 Å². The molecule has 0 bridgehead atoms. The minimum Gasteiger partial charge on any atom is -0.439 e. The molecule has 1 heterocycles. The Bertz CT molecular complexity index is 570. The van der Waals surface area contributed by atoms with Crippen LogP contribution in [0.3, 0.4) is 0 Å². The largest absolute Gasteiger partial charge is 0.439 e. The number of anilines is 1. The van der Waals surface area contributed by atoms with Crippen molar-refractivity contribution in [2.75, 3.05) is 12.8 Å². The molecule has 1 aromatic heterocycles. The third-order valence-corrected chi connectivity index (χ3v) is 4.29. The Morgan fingerprint density at radius 3 is 2.75 bits per heavy atom. The molecule has 0 unspecified atom stereocenters. The maximum atomic E-state index is 5.81. The molecule has 2 N–H and O–H groups in total.